The summed E-state index contributed by atoms with van der Waals surface area (Å²) in [5.74, 6) is 0.418. The van der Waals surface area contributed by atoms with E-state index in [0.717, 1.165) is 24.9 Å². The van der Waals surface area contributed by atoms with Crippen LogP contribution in [0.15, 0.2) is 65.7 Å². The fraction of sp³-hybridized carbons (Fsp3) is 0.105. The van der Waals surface area contributed by atoms with Gasteiger partial charge in [0.05, 0.1) is 3.57 Å². The molecule has 0 radical (unpaired) electrons. The van der Waals surface area contributed by atoms with Gasteiger partial charge in [-0.2, -0.15) is 0 Å². The molecule has 2 aromatic rings. The van der Waals surface area contributed by atoms with Crippen molar-refractivity contribution in [3.05, 3.63) is 80.4 Å². The predicted octanol–water partition coefficient (Wildman–Crippen LogP) is 5.38. The van der Waals surface area contributed by atoms with E-state index in [9.17, 15) is 4.79 Å². The summed E-state index contributed by atoms with van der Waals surface area (Å²) in [4.78, 5) is 11.4. The minimum Gasteiger partial charge on any atom is -0.488 e. The molecular formula is C19H16BrIO3. The molecule has 0 aromatic heterocycles. The molecule has 2 aromatic carbocycles. The third-order valence-corrected chi connectivity index (χ3v) is 4.33. The monoisotopic (exact) mass is 498 g/mol. The van der Waals surface area contributed by atoms with Crippen molar-refractivity contribution >= 4 is 50.6 Å². The molecule has 24 heavy (non-hydrogen) atoms. The lowest BCUT2D eigenvalue weighted by Crippen LogP contribution is -1.99. The van der Waals surface area contributed by atoms with Crippen molar-refractivity contribution in [2.75, 3.05) is 6.61 Å². The van der Waals surface area contributed by atoms with Crippen molar-refractivity contribution in [3.63, 3.8) is 0 Å². The Labute approximate surface area is 163 Å². The van der Waals surface area contributed by atoms with Crippen molar-refractivity contribution in [2.24, 2.45) is 0 Å². The zero-order chi connectivity index (χ0) is 17.4. The highest BCUT2D eigenvalue weighted by molar-refractivity contribution is 14.1. The number of rotatable bonds is 7. The normalized spacial score (nSPS) is 10.6. The van der Waals surface area contributed by atoms with Gasteiger partial charge in [-0.15, -0.1) is 0 Å². The van der Waals surface area contributed by atoms with Gasteiger partial charge >= 0.3 is 5.97 Å². The quantitative estimate of drug-likeness (QED) is 0.222. The van der Waals surface area contributed by atoms with Gasteiger partial charge in [-0.3, -0.25) is 0 Å². The zero-order valence-electron chi connectivity index (χ0n) is 12.9. The highest BCUT2D eigenvalue weighted by Crippen LogP contribution is 2.24. The van der Waals surface area contributed by atoms with Gasteiger partial charge < -0.3 is 9.47 Å². The Morgan fingerprint density at radius 1 is 1.25 bits per heavy atom. The molecule has 0 heterocycles. The largest absolute Gasteiger partial charge is 0.488 e. The summed E-state index contributed by atoms with van der Waals surface area (Å²) in [6.45, 7) is 4.21. The molecule has 0 aliphatic heterocycles. The second kappa shape index (κ2) is 9.64. The van der Waals surface area contributed by atoms with Crippen molar-refractivity contribution in [3.8, 4) is 5.75 Å². The molecule has 0 saturated heterocycles. The van der Waals surface area contributed by atoms with E-state index in [1.165, 1.54) is 12.2 Å². The van der Waals surface area contributed by atoms with Crippen LogP contribution in [0.2, 0.25) is 0 Å². The molecule has 0 aliphatic carbocycles. The molecule has 0 spiro atoms. The van der Waals surface area contributed by atoms with E-state index < -0.39 is 0 Å². The van der Waals surface area contributed by atoms with Crippen LogP contribution in [0.4, 0.5) is 0 Å². The Morgan fingerprint density at radius 3 is 2.79 bits per heavy atom. The van der Waals surface area contributed by atoms with E-state index in [1.54, 1.807) is 6.08 Å². The lowest BCUT2D eigenvalue weighted by molar-refractivity contribution is -0.136. The number of carbonyl (C=O) groups is 1. The maximum Gasteiger partial charge on any atom is 0.331 e. The van der Waals surface area contributed by atoms with Crippen molar-refractivity contribution < 1.29 is 14.3 Å². The first-order valence-corrected chi connectivity index (χ1v) is 9.08. The van der Waals surface area contributed by atoms with E-state index in [0.29, 0.717) is 6.61 Å². The second-order valence-corrected chi connectivity index (χ2v) is 6.94. The van der Waals surface area contributed by atoms with Gasteiger partial charge in [-0.05, 0) is 64.1 Å². The van der Waals surface area contributed by atoms with Crippen molar-refractivity contribution in [1.82, 2.24) is 0 Å². The minimum atomic E-state index is -0.389. The van der Waals surface area contributed by atoms with Crippen LogP contribution in [-0.4, -0.2) is 12.6 Å². The van der Waals surface area contributed by atoms with Crippen LogP contribution in [-0.2, 0) is 16.1 Å². The molecule has 0 N–H and O–H groups in total. The molecule has 0 saturated carbocycles. The summed E-state index contributed by atoms with van der Waals surface area (Å²) in [6.07, 6.45) is 4.65. The highest BCUT2D eigenvalue weighted by atomic mass is 127. The Kier molecular flexibility index (Phi) is 7.52. The number of hydrogen-bond acceptors (Lipinski definition) is 3. The number of esters is 1. The topological polar surface area (TPSA) is 35.5 Å². The first kappa shape index (κ1) is 18.7. The fourth-order valence-corrected chi connectivity index (χ4v) is 3.02. The molecule has 0 amide bonds. The van der Waals surface area contributed by atoms with Crippen LogP contribution < -0.4 is 4.74 Å². The molecule has 0 unspecified atom stereocenters. The number of hydrogen-bond donors (Lipinski definition) is 0. The van der Waals surface area contributed by atoms with Gasteiger partial charge in [0.2, 0.25) is 0 Å². The highest BCUT2D eigenvalue weighted by Gasteiger charge is 2.03. The lowest BCUT2D eigenvalue weighted by Gasteiger charge is -2.09. The number of ether oxygens (including phenoxy) is 2. The summed E-state index contributed by atoms with van der Waals surface area (Å²) in [5, 5.41) is 0. The zero-order valence-corrected chi connectivity index (χ0v) is 16.6. The Bertz CT molecular complexity index is 756. The number of benzene rings is 2. The summed E-state index contributed by atoms with van der Waals surface area (Å²) < 4.78 is 12.8. The third-order valence-electron chi connectivity index (χ3n) is 2.99. The van der Waals surface area contributed by atoms with Crippen LogP contribution in [0.1, 0.15) is 11.1 Å². The first-order chi connectivity index (χ1) is 11.6. The Balaban J connectivity index is 1.97. The van der Waals surface area contributed by atoms with Crippen LogP contribution in [0.3, 0.4) is 0 Å². The van der Waals surface area contributed by atoms with Gasteiger partial charge in [0.15, 0.2) is 0 Å². The molecule has 3 nitrogen and oxygen atoms in total. The fourth-order valence-electron chi connectivity index (χ4n) is 1.88. The van der Waals surface area contributed by atoms with Crippen LogP contribution >= 0.6 is 38.5 Å². The summed E-state index contributed by atoms with van der Waals surface area (Å²) in [7, 11) is 0. The second-order valence-electron chi connectivity index (χ2n) is 4.86. The Hall–Kier alpha value is -1.60. The summed E-state index contributed by atoms with van der Waals surface area (Å²) in [5.41, 5.74) is 2.00. The third kappa shape index (κ3) is 6.13. The molecule has 5 heteroatoms. The molecule has 124 valence electrons. The molecule has 0 atom stereocenters. The van der Waals surface area contributed by atoms with Gasteiger partial charge in [0.1, 0.15) is 19.0 Å². The summed E-state index contributed by atoms with van der Waals surface area (Å²) >= 11 is 5.67. The SMILES string of the molecule is C=CCOC(=O)/C=C/c1ccc(OCc2cccc(Br)c2)c(I)c1. The number of carbonyl (C=O) groups excluding carboxylic acids is 1. The van der Waals surface area contributed by atoms with E-state index in [2.05, 4.69) is 45.1 Å². The van der Waals surface area contributed by atoms with Crippen molar-refractivity contribution in [1.29, 1.82) is 0 Å². The smallest absolute Gasteiger partial charge is 0.331 e. The number of halogens is 2. The van der Waals surface area contributed by atoms with E-state index in [-0.39, 0.29) is 12.6 Å². The van der Waals surface area contributed by atoms with Gasteiger partial charge in [0.25, 0.3) is 0 Å². The minimum absolute atomic E-state index is 0.211. The van der Waals surface area contributed by atoms with Crippen LogP contribution in [0.25, 0.3) is 6.08 Å². The molecule has 0 fully saturated rings. The van der Waals surface area contributed by atoms with E-state index in [1.807, 2.05) is 42.5 Å². The maximum atomic E-state index is 11.4. The first-order valence-electron chi connectivity index (χ1n) is 7.21. The van der Waals surface area contributed by atoms with Gasteiger partial charge in [-0.1, -0.05) is 46.8 Å². The standard InChI is InChI=1S/C19H16BrIO3/c1-2-10-23-19(22)9-7-14-6-8-18(17(21)12-14)24-13-15-4-3-5-16(20)11-15/h2-9,11-12H,1,10,13H2/b9-7+. The molecule has 0 bridgehead atoms. The average molecular weight is 499 g/mol. The van der Waals surface area contributed by atoms with E-state index in [4.69, 9.17) is 9.47 Å². The van der Waals surface area contributed by atoms with Gasteiger partial charge in [0, 0.05) is 10.5 Å². The lowest BCUT2D eigenvalue weighted by atomic mass is 10.2. The maximum absolute atomic E-state index is 11.4. The van der Waals surface area contributed by atoms with Crippen LogP contribution in [0.5, 0.6) is 5.75 Å². The van der Waals surface area contributed by atoms with Gasteiger partial charge in [-0.25, -0.2) is 4.79 Å². The van der Waals surface area contributed by atoms with Crippen LogP contribution in [0, 0.1) is 3.57 Å². The average Bonchev–Trinajstić information content (AvgIpc) is 2.57. The summed E-state index contributed by atoms with van der Waals surface area (Å²) in [6, 6.07) is 13.8. The predicted molar refractivity (Wildman–Crippen MR) is 108 cm³/mol. The molecule has 0 aliphatic rings. The molecule has 2 rings (SSSR count). The van der Waals surface area contributed by atoms with E-state index >= 15 is 0 Å². The van der Waals surface area contributed by atoms with Crippen molar-refractivity contribution in [2.45, 2.75) is 6.61 Å². The Morgan fingerprint density at radius 2 is 2.08 bits per heavy atom. The molecular weight excluding hydrogens is 483 g/mol.